The van der Waals surface area contributed by atoms with Crippen molar-refractivity contribution in [3.05, 3.63) is 64.4 Å². The van der Waals surface area contributed by atoms with E-state index in [9.17, 15) is 9.50 Å². The van der Waals surface area contributed by atoms with Crippen LogP contribution in [0.15, 0.2) is 42.5 Å². The summed E-state index contributed by atoms with van der Waals surface area (Å²) >= 11 is 6.03. The molecule has 0 aliphatic heterocycles. The van der Waals surface area contributed by atoms with E-state index in [1.807, 2.05) is 43.1 Å². The summed E-state index contributed by atoms with van der Waals surface area (Å²) in [4.78, 5) is 2.01. The van der Waals surface area contributed by atoms with Gasteiger partial charge in [0.25, 0.3) is 0 Å². The Hall–Kier alpha value is -1.58. The van der Waals surface area contributed by atoms with Gasteiger partial charge in [-0.3, -0.25) is 0 Å². The Labute approximate surface area is 129 Å². The fourth-order valence-corrected chi connectivity index (χ4v) is 2.58. The number of hydrogen-bond acceptors (Lipinski definition) is 2. The second-order valence-corrected chi connectivity index (χ2v) is 5.66. The molecule has 4 heteroatoms. The van der Waals surface area contributed by atoms with Crippen LogP contribution in [0.25, 0.3) is 0 Å². The first-order chi connectivity index (χ1) is 9.90. The Bertz CT molecular complexity index is 630. The lowest BCUT2D eigenvalue weighted by atomic mass is 10.0. The van der Waals surface area contributed by atoms with Crippen LogP contribution in [0.2, 0.25) is 5.02 Å². The maximum atomic E-state index is 13.4. The van der Waals surface area contributed by atoms with Gasteiger partial charge < -0.3 is 10.0 Å². The molecule has 2 atom stereocenters. The molecule has 0 bridgehead atoms. The highest BCUT2D eigenvalue weighted by Crippen LogP contribution is 2.32. The predicted molar refractivity (Wildman–Crippen MR) is 85.3 cm³/mol. The van der Waals surface area contributed by atoms with Crippen molar-refractivity contribution in [1.82, 2.24) is 0 Å². The van der Waals surface area contributed by atoms with Crippen LogP contribution in [-0.2, 0) is 0 Å². The summed E-state index contributed by atoms with van der Waals surface area (Å²) in [7, 11) is 1.92. The molecule has 0 amide bonds. The van der Waals surface area contributed by atoms with E-state index in [4.69, 9.17) is 11.6 Å². The maximum absolute atomic E-state index is 13.4. The molecule has 0 radical (unpaired) electrons. The minimum absolute atomic E-state index is 0.0478. The van der Waals surface area contributed by atoms with Crippen molar-refractivity contribution in [3.8, 4) is 0 Å². The van der Waals surface area contributed by atoms with Gasteiger partial charge in [0, 0.05) is 23.3 Å². The van der Waals surface area contributed by atoms with Gasteiger partial charge in [-0.2, -0.15) is 0 Å². The van der Waals surface area contributed by atoms with Crippen LogP contribution in [0, 0.1) is 5.82 Å². The Morgan fingerprint density at radius 1 is 1.14 bits per heavy atom. The fraction of sp³-hybridized carbons (Fsp3) is 0.294. The van der Waals surface area contributed by atoms with Crippen LogP contribution >= 0.6 is 11.6 Å². The zero-order valence-electron chi connectivity index (χ0n) is 12.3. The largest absolute Gasteiger partial charge is 0.389 e. The van der Waals surface area contributed by atoms with E-state index in [0.717, 1.165) is 11.3 Å². The van der Waals surface area contributed by atoms with Gasteiger partial charge >= 0.3 is 0 Å². The summed E-state index contributed by atoms with van der Waals surface area (Å²) < 4.78 is 13.4. The first kappa shape index (κ1) is 15.8. The van der Waals surface area contributed by atoms with Crippen LogP contribution in [0.3, 0.4) is 0 Å². The van der Waals surface area contributed by atoms with E-state index in [-0.39, 0.29) is 11.9 Å². The lowest BCUT2D eigenvalue weighted by Crippen LogP contribution is -2.23. The van der Waals surface area contributed by atoms with Crippen molar-refractivity contribution in [2.24, 2.45) is 0 Å². The summed E-state index contributed by atoms with van der Waals surface area (Å²) in [5.41, 5.74) is 2.44. The molecular formula is C17H19ClFNO. The monoisotopic (exact) mass is 307 g/mol. The van der Waals surface area contributed by atoms with Gasteiger partial charge in [0.05, 0.1) is 12.1 Å². The van der Waals surface area contributed by atoms with E-state index >= 15 is 0 Å². The summed E-state index contributed by atoms with van der Waals surface area (Å²) in [5.74, 6) is -0.349. The molecule has 0 saturated heterocycles. The first-order valence-corrected chi connectivity index (χ1v) is 7.23. The second kappa shape index (κ2) is 6.46. The molecule has 2 aromatic rings. The smallest absolute Gasteiger partial charge is 0.123 e. The first-order valence-electron chi connectivity index (χ1n) is 6.86. The van der Waals surface area contributed by atoms with Crippen molar-refractivity contribution < 1.29 is 9.50 Å². The third kappa shape index (κ3) is 3.55. The minimum atomic E-state index is -0.732. The quantitative estimate of drug-likeness (QED) is 0.882. The molecule has 0 spiro atoms. The summed E-state index contributed by atoms with van der Waals surface area (Å²) in [6, 6.07) is 12.2. The summed E-state index contributed by atoms with van der Waals surface area (Å²) in [5, 5.41) is 10.5. The van der Waals surface area contributed by atoms with E-state index in [1.54, 1.807) is 13.0 Å². The zero-order chi connectivity index (χ0) is 15.6. The molecule has 0 saturated carbocycles. The van der Waals surface area contributed by atoms with Gasteiger partial charge in [0.15, 0.2) is 0 Å². The molecule has 0 fully saturated rings. The molecule has 1 N–H and O–H groups in total. The van der Waals surface area contributed by atoms with Crippen molar-refractivity contribution >= 4 is 17.3 Å². The van der Waals surface area contributed by atoms with Gasteiger partial charge in [-0.05, 0) is 49.7 Å². The number of benzene rings is 2. The topological polar surface area (TPSA) is 23.5 Å². The number of nitrogens with zero attached hydrogens (tertiary/aromatic N) is 1. The van der Waals surface area contributed by atoms with Crippen LogP contribution in [-0.4, -0.2) is 12.2 Å². The van der Waals surface area contributed by atoms with Crippen LogP contribution in [0.4, 0.5) is 10.1 Å². The SMILES string of the molecule is CC(c1cccc(Cl)c1)N(C)c1ccc(F)cc1[C@H](C)O. The van der Waals surface area contributed by atoms with Crippen molar-refractivity contribution in [3.63, 3.8) is 0 Å². The van der Waals surface area contributed by atoms with Crippen LogP contribution in [0.5, 0.6) is 0 Å². The van der Waals surface area contributed by atoms with E-state index in [2.05, 4.69) is 0 Å². The number of hydrogen-bond donors (Lipinski definition) is 1. The molecule has 2 aromatic carbocycles. The molecule has 0 aliphatic rings. The molecule has 0 heterocycles. The Kier molecular flexibility index (Phi) is 4.86. The predicted octanol–water partition coefficient (Wildman–Crippen LogP) is 4.73. The summed E-state index contributed by atoms with van der Waals surface area (Å²) in [6.07, 6.45) is -0.732. The molecule has 112 valence electrons. The van der Waals surface area contributed by atoms with Gasteiger partial charge in [-0.1, -0.05) is 23.7 Å². The lowest BCUT2D eigenvalue weighted by Gasteiger charge is -2.30. The average Bonchev–Trinajstić information content (AvgIpc) is 2.45. The van der Waals surface area contributed by atoms with Gasteiger partial charge in [-0.15, -0.1) is 0 Å². The van der Waals surface area contributed by atoms with E-state index in [0.29, 0.717) is 10.6 Å². The Morgan fingerprint density at radius 3 is 2.48 bits per heavy atom. The standard InChI is InChI=1S/C17H19ClFNO/c1-11(13-5-4-6-14(18)9-13)20(3)17-8-7-15(19)10-16(17)12(2)21/h4-12,21H,1-3H3/t11?,12-/m0/s1. The normalized spacial score (nSPS) is 13.8. The fourth-order valence-electron chi connectivity index (χ4n) is 2.38. The second-order valence-electron chi connectivity index (χ2n) is 5.22. The molecule has 2 rings (SSSR count). The highest BCUT2D eigenvalue weighted by Gasteiger charge is 2.18. The summed E-state index contributed by atoms with van der Waals surface area (Å²) in [6.45, 7) is 3.68. The Balaban J connectivity index is 2.37. The van der Waals surface area contributed by atoms with E-state index < -0.39 is 6.10 Å². The van der Waals surface area contributed by atoms with Crippen LogP contribution < -0.4 is 4.90 Å². The van der Waals surface area contributed by atoms with Gasteiger partial charge in [0.2, 0.25) is 0 Å². The third-order valence-electron chi connectivity index (χ3n) is 3.73. The van der Waals surface area contributed by atoms with Crippen molar-refractivity contribution in [2.45, 2.75) is 26.0 Å². The van der Waals surface area contributed by atoms with Crippen molar-refractivity contribution in [1.29, 1.82) is 0 Å². The third-order valence-corrected chi connectivity index (χ3v) is 3.97. The highest BCUT2D eigenvalue weighted by atomic mass is 35.5. The number of anilines is 1. The molecule has 1 unspecified atom stereocenters. The molecule has 0 aromatic heterocycles. The van der Waals surface area contributed by atoms with Gasteiger partial charge in [-0.25, -0.2) is 4.39 Å². The van der Waals surface area contributed by atoms with Crippen LogP contribution in [0.1, 0.15) is 37.1 Å². The number of halogens is 2. The molecule has 2 nitrogen and oxygen atoms in total. The highest BCUT2D eigenvalue weighted by molar-refractivity contribution is 6.30. The minimum Gasteiger partial charge on any atom is -0.389 e. The number of aliphatic hydroxyl groups excluding tert-OH is 1. The number of rotatable bonds is 4. The average molecular weight is 308 g/mol. The van der Waals surface area contributed by atoms with Crippen molar-refractivity contribution in [2.75, 3.05) is 11.9 Å². The number of aliphatic hydroxyl groups is 1. The molecule has 21 heavy (non-hydrogen) atoms. The van der Waals surface area contributed by atoms with Gasteiger partial charge in [0.1, 0.15) is 5.82 Å². The Morgan fingerprint density at radius 2 is 1.86 bits per heavy atom. The van der Waals surface area contributed by atoms with E-state index in [1.165, 1.54) is 12.1 Å². The zero-order valence-corrected chi connectivity index (χ0v) is 13.1. The lowest BCUT2D eigenvalue weighted by molar-refractivity contribution is 0.199. The maximum Gasteiger partial charge on any atom is 0.123 e. The molecular weight excluding hydrogens is 289 g/mol. The molecule has 0 aliphatic carbocycles.